The summed E-state index contributed by atoms with van der Waals surface area (Å²) in [5.41, 5.74) is 3.79. The van der Waals surface area contributed by atoms with Gasteiger partial charge in [0.05, 0.1) is 12.5 Å². The maximum atomic E-state index is 11.1. The van der Waals surface area contributed by atoms with Crippen LogP contribution >= 0.6 is 0 Å². The average Bonchev–Trinajstić information content (AvgIpc) is 2.61. The lowest BCUT2D eigenvalue weighted by atomic mass is 9.86. The third kappa shape index (κ3) is 2.49. The van der Waals surface area contributed by atoms with Gasteiger partial charge in [-0.15, -0.1) is 0 Å². The second kappa shape index (κ2) is 6.22. The first kappa shape index (κ1) is 16.7. The third-order valence-electron chi connectivity index (χ3n) is 5.29. The molecule has 3 aromatic carbocycles. The predicted molar refractivity (Wildman–Crippen MR) is 104 cm³/mol. The molecule has 4 nitrogen and oxygen atoms in total. The van der Waals surface area contributed by atoms with Gasteiger partial charge < -0.3 is 20.3 Å². The fourth-order valence-corrected chi connectivity index (χ4v) is 4.19. The highest BCUT2D eigenvalue weighted by atomic mass is 16.5. The van der Waals surface area contributed by atoms with Crippen LogP contribution in [-0.4, -0.2) is 23.4 Å². The summed E-state index contributed by atoms with van der Waals surface area (Å²) in [6, 6.07) is 13.7. The van der Waals surface area contributed by atoms with E-state index in [2.05, 4.69) is 25.2 Å². The van der Waals surface area contributed by atoms with Crippen LogP contribution in [0.15, 0.2) is 42.5 Å². The van der Waals surface area contributed by atoms with Gasteiger partial charge in [-0.1, -0.05) is 24.3 Å². The van der Waals surface area contributed by atoms with E-state index in [1.54, 1.807) is 13.2 Å². The van der Waals surface area contributed by atoms with Gasteiger partial charge in [0.25, 0.3) is 0 Å². The molecule has 3 aromatic rings. The highest BCUT2D eigenvalue weighted by Gasteiger charge is 2.26. The van der Waals surface area contributed by atoms with Crippen LogP contribution in [0.25, 0.3) is 21.9 Å². The summed E-state index contributed by atoms with van der Waals surface area (Å²) in [4.78, 5) is 0. The summed E-state index contributed by atoms with van der Waals surface area (Å²) < 4.78 is 5.42. The first-order valence-electron chi connectivity index (χ1n) is 8.91. The first-order valence-corrected chi connectivity index (χ1v) is 8.91. The Morgan fingerprint density at radius 2 is 1.77 bits per heavy atom. The second-order valence-corrected chi connectivity index (χ2v) is 7.04. The van der Waals surface area contributed by atoms with Gasteiger partial charge in [0, 0.05) is 23.2 Å². The highest BCUT2D eigenvalue weighted by molar-refractivity contribution is 6.04. The van der Waals surface area contributed by atoms with Gasteiger partial charge >= 0.3 is 0 Å². The minimum atomic E-state index is 0.0895. The number of phenols is 2. The van der Waals surface area contributed by atoms with E-state index in [4.69, 9.17) is 4.74 Å². The topological polar surface area (TPSA) is 61.7 Å². The Morgan fingerprint density at radius 3 is 2.54 bits per heavy atom. The third-order valence-corrected chi connectivity index (χ3v) is 5.29. The number of methoxy groups -OCH3 is 1. The number of benzene rings is 3. The molecule has 3 N–H and O–H groups in total. The van der Waals surface area contributed by atoms with Crippen LogP contribution in [0.4, 0.5) is 0 Å². The molecule has 1 aliphatic heterocycles. The standard InChI is InChI=1S/C22H23NO3/c1-12-11-14-7-8-17(22(25)20(14)13(2)23-12)15-9-10-19(26-3)21-16(15)5-4-6-18(21)24/h4-10,12-13,23-25H,11H2,1-3H3/t12-,13-/m1/s1. The fourth-order valence-electron chi connectivity index (χ4n) is 4.19. The fraction of sp³-hybridized carbons (Fsp3) is 0.273. The summed E-state index contributed by atoms with van der Waals surface area (Å²) >= 11 is 0. The van der Waals surface area contributed by atoms with Crippen LogP contribution < -0.4 is 10.1 Å². The van der Waals surface area contributed by atoms with E-state index in [1.807, 2.05) is 30.3 Å². The van der Waals surface area contributed by atoms with Gasteiger partial charge in [0.15, 0.2) is 0 Å². The Balaban J connectivity index is 1.98. The molecule has 0 aliphatic carbocycles. The number of nitrogens with one attached hydrogen (secondary N) is 1. The predicted octanol–water partition coefficient (Wildman–Crippen LogP) is 4.52. The smallest absolute Gasteiger partial charge is 0.130 e. The van der Waals surface area contributed by atoms with Crippen molar-refractivity contribution in [3.05, 3.63) is 53.6 Å². The molecule has 0 saturated carbocycles. The maximum Gasteiger partial charge on any atom is 0.130 e. The molecular formula is C22H23NO3. The molecule has 4 rings (SSSR count). The van der Waals surface area contributed by atoms with Crippen molar-refractivity contribution in [2.75, 3.05) is 7.11 Å². The van der Waals surface area contributed by atoms with E-state index >= 15 is 0 Å². The quantitative estimate of drug-likeness (QED) is 0.636. The minimum absolute atomic E-state index is 0.0895. The van der Waals surface area contributed by atoms with Gasteiger partial charge in [0.1, 0.15) is 17.2 Å². The van der Waals surface area contributed by atoms with E-state index in [0.29, 0.717) is 22.9 Å². The van der Waals surface area contributed by atoms with Crippen molar-refractivity contribution in [3.63, 3.8) is 0 Å². The number of rotatable bonds is 2. The van der Waals surface area contributed by atoms with E-state index in [9.17, 15) is 10.2 Å². The van der Waals surface area contributed by atoms with Gasteiger partial charge in [-0.05, 0) is 55.0 Å². The molecule has 0 amide bonds. The summed E-state index contributed by atoms with van der Waals surface area (Å²) in [6.45, 7) is 4.24. The molecule has 0 fully saturated rings. The zero-order valence-corrected chi connectivity index (χ0v) is 15.2. The molecule has 0 aromatic heterocycles. The molecular weight excluding hydrogens is 326 g/mol. The average molecular weight is 349 g/mol. The largest absolute Gasteiger partial charge is 0.507 e. The zero-order valence-electron chi connectivity index (χ0n) is 15.2. The number of hydrogen-bond donors (Lipinski definition) is 3. The molecule has 134 valence electrons. The van der Waals surface area contributed by atoms with Crippen molar-refractivity contribution < 1.29 is 14.9 Å². The Morgan fingerprint density at radius 1 is 1.00 bits per heavy atom. The molecule has 2 atom stereocenters. The van der Waals surface area contributed by atoms with Crippen molar-refractivity contribution in [2.45, 2.75) is 32.4 Å². The minimum Gasteiger partial charge on any atom is -0.507 e. The molecule has 26 heavy (non-hydrogen) atoms. The number of ether oxygens (including phenoxy) is 1. The maximum absolute atomic E-state index is 11.1. The lowest BCUT2D eigenvalue weighted by Crippen LogP contribution is -2.36. The highest BCUT2D eigenvalue weighted by Crippen LogP contribution is 2.45. The molecule has 0 radical (unpaired) electrons. The lowest BCUT2D eigenvalue weighted by Gasteiger charge is -2.30. The Bertz CT molecular complexity index is 996. The number of fused-ring (bicyclic) bond motifs is 2. The van der Waals surface area contributed by atoms with Gasteiger partial charge in [-0.3, -0.25) is 0 Å². The molecule has 0 saturated heterocycles. The van der Waals surface area contributed by atoms with Crippen molar-refractivity contribution in [1.29, 1.82) is 0 Å². The normalized spacial score (nSPS) is 19.3. The number of aromatic hydroxyl groups is 2. The van der Waals surface area contributed by atoms with Crippen LogP contribution in [0.3, 0.4) is 0 Å². The molecule has 4 heteroatoms. The summed E-state index contributed by atoms with van der Waals surface area (Å²) in [5.74, 6) is 1.09. The summed E-state index contributed by atoms with van der Waals surface area (Å²) in [7, 11) is 1.59. The zero-order chi connectivity index (χ0) is 18.4. The summed E-state index contributed by atoms with van der Waals surface area (Å²) in [6.07, 6.45) is 0.900. The van der Waals surface area contributed by atoms with E-state index in [-0.39, 0.29) is 11.8 Å². The Labute approximate surface area is 153 Å². The monoisotopic (exact) mass is 349 g/mol. The summed E-state index contributed by atoms with van der Waals surface area (Å²) in [5, 5.41) is 26.4. The SMILES string of the molecule is COc1ccc(-c2ccc3c(c2O)[C@@H](C)N[C@H](C)C3)c2cccc(O)c12. The molecule has 1 aliphatic rings. The van der Waals surface area contributed by atoms with Gasteiger partial charge in [-0.2, -0.15) is 0 Å². The van der Waals surface area contributed by atoms with Crippen molar-refractivity contribution in [1.82, 2.24) is 5.32 Å². The van der Waals surface area contributed by atoms with Crippen LogP contribution in [-0.2, 0) is 6.42 Å². The van der Waals surface area contributed by atoms with Crippen molar-refractivity contribution in [2.24, 2.45) is 0 Å². The number of phenolic OH excluding ortho intramolecular Hbond substituents is 2. The van der Waals surface area contributed by atoms with Crippen molar-refractivity contribution in [3.8, 4) is 28.4 Å². The van der Waals surface area contributed by atoms with Gasteiger partial charge in [-0.25, -0.2) is 0 Å². The second-order valence-electron chi connectivity index (χ2n) is 7.04. The molecule has 0 spiro atoms. The van der Waals surface area contributed by atoms with Crippen molar-refractivity contribution >= 4 is 10.8 Å². The van der Waals surface area contributed by atoms with E-state index in [1.165, 1.54) is 5.56 Å². The first-order chi connectivity index (χ1) is 12.5. The van der Waals surface area contributed by atoms with E-state index < -0.39 is 0 Å². The molecule has 0 unspecified atom stereocenters. The molecule has 0 bridgehead atoms. The van der Waals surface area contributed by atoms with Gasteiger partial charge in [0.2, 0.25) is 0 Å². The number of hydrogen-bond acceptors (Lipinski definition) is 4. The Hall–Kier alpha value is -2.72. The van der Waals surface area contributed by atoms with E-state index in [0.717, 1.165) is 28.5 Å². The van der Waals surface area contributed by atoms with Crippen LogP contribution in [0, 0.1) is 0 Å². The molecule has 1 heterocycles. The van der Waals surface area contributed by atoms with Crippen LogP contribution in [0.5, 0.6) is 17.2 Å². The van der Waals surface area contributed by atoms with Crippen LogP contribution in [0.2, 0.25) is 0 Å². The lowest BCUT2D eigenvalue weighted by molar-refractivity contribution is 0.410. The Kier molecular flexibility index (Phi) is 4.00. The van der Waals surface area contributed by atoms with Crippen LogP contribution in [0.1, 0.15) is 31.0 Å².